The van der Waals surface area contributed by atoms with Gasteiger partial charge in [-0.05, 0) is 27.2 Å². The molecule has 2 aliphatic heterocycles. The minimum absolute atomic E-state index is 0.152. The fraction of sp³-hybridized carbons (Fsp3) is 0.909. The Morgan fingerprint density at radius 2 is 2.27 bits per heavy atom. The summed E-state index contributed by atoms with van der Waals surface area (Å²) in [6.45, 7) is 14.3. The molecule has 0 spiro atoms. The molecule has 4 heteroatoms. The van der Waals surface area contributed by atoms with Gasteiger partial charge in [0.1, 0.15) is 11.8 Å². The van der Waals surface area contributed by atoms with Crippen LogP contribution in [0.15, 0.2) is 0 Å². The Morgan fingerprint density at radius 3 is 2.80 bits per heavy atom. The molecule has 84 valence electrons. The molecule has 0 aromatic carbocycles. The van der Waals surface area contributed by atoms with E-state index >= 15 is 0 Å². The molecule has 1 N–H and O–H groups in total. The van der Waals surface area contributed by atoms with E-state index in [9.17, 15) is 5.11 Å². The van der Waals surface area contributed by atoms with Gasteiger partial charge in [0.25, 0.3) is 5.54 Å². The number of nitrogens with zero attached hydrogens (tertiary/aromatic N) is 2. The van der Waals surface area contributed by atoms with Gasteiger partial charge in [0.05, 0.1) is 19.2 Å². The standard InChI is InChI=1S/C11H18N2O2/c1-8(14)11(12-4)7-13-9(11)5-6-15-10(13,2)3/h8-9,14H,5-7H2,1-3H3/t8-,9+,11-/m0/s1. The first-order chi connectivity index (χ1) is 6.94. The predicted molar refractivity (Wildman–Crippen MR) is 56.2 cm³/mol. The third-order valence-corrected chi connectivity index (χ3v) is 3.85. The molecule has 15 heavy (non-hydrogen) atoms. The van der Waals surface area contributed by atoms with Gasteiger partial charge in [-0.2, -0.15) is 0 Å². The minimum atomic E-state index is -0.596. The van der Waals surface area contributed by atoms with Crippen molar-refractivity contribution in [3.8, 4) is 0 Å². The van der Waals surface area contributed by atoms with Gasteiger partial charge in [-0.1, -0.05) is 0 Å². The molecule has 0 aromatic rings. The smallest absolute Gasteiger partial charge is 0.285 e. The Morgan fingerprint density at radius 1 is 1.60 bits per heavy atom. The highest BCUT2D eigenvalue weighted by Crippen LogP contribution is 2.45. The van der Waals surface area contributed by atoms with E-state index in [0.717, 1.165) is 6.42 Å². The van der Waals surface area contributed by atoms with Crippen LogP contribution in [0.2, 0.25) is 0 Å². The zero-order valence-electron chi connectivity index (χ0n) is 9.53. The second-order valence-electron chi connectivity index (χ2n) is 5.01. The second-order valence-corrected chi connectivity index (χ2v) is 5.01. The minimum Gasteiger partial charge on any atom is -0.385 e. The lowest BCUT2D eigenvalue weighted by molar-refractivity contribution is -0.249. The van der Waals surface area contributed by atoms with Crippen LogP contribution in [0.4, 0.5) is 0 Å². The fourth-order valence-corrected chi connectivity index (χ4v) is 2.73. The van der Waals surface area contributed by atoms with Crippen LogP contribution < -0.4 is 0 Å². The molecule has 2 fully saturated rings. The molecule has 0 amide bonds. The average molecular weight is 210 g/mol. The molecular weight excluding hydrogens is 192 g/mol. The molecule has 0 radical (unpaired) electrons. The van der Waals surface area contributed by atoms with Crippen molar-refractivity contribution in [3.63, 3.8) is 0 Å². The van der Waals surface area contributed by atoms with Crippen molar-refractivity contribution in [2.75, 3.05) is 13.2 Å². The van der Waals surface area contributed by atoms with E-state index in [1.807, 2.05) is 13.8 Å². The van der Waals surface area contributed by atoms with Gasteiger partial charge < -0.3 is 14.7 Å². The van der Waals surface area contributed by atoms with E-state index in [0.29, 0.717) is 13.2 Å². The Labute approximate surface area is 90.6 Å². The summed E-state index contributed by atoms with van der Waals surface area (Å²) in [6.07, 6.45) is 0.279. The van der Waals surface area contributed by atoms with Gasteiger partial charge in [-0.3, -0.25) is 4.90 Å². The lowest BCUT2D eigenvalue weighted by Gasteiger charge is -2.59. The van der Waals surface area contributed by atoms with E-state index in [4.69, 9.17) is 11.3 Å². The number of rotatable bonds is 1. The Bertz CT molecular complexity index is 308. The van der Waals surface area contributed by atoms with Crippen LogP contribution in [0.1, 0.15) is 27.2 Å². The number of aliphatic hydroxyl groups excluding tert-OH is 1. The Hall–Kier alpha value is -0.630. The Kier molecular flexibility index (Phi) is 2.30. The first-order valence-corrected chi connectivity index (χ1v) is 5.41. The van der Waals surface area contributed by atoms with E-state index < -0.39 is 11.6 Å². The summed E-state index contributed by atoms with van der Waals surface area (Å²) in [7, 11) is 0. The van der Waals surface area contributed by atoms with E-state index in [1.54, 1.807) is 6.92 Å². The molecule has 2 aliphatic rings. The summed E-state index contributed by atoms with van der Waals surface area (Å²) in [6, 6.07) is 0.152. The molecule has 0 aliphatic carbocycles. The molecule has 0 unspecified atom stereocenters. The maximum Gasteiger partial charge on any atom is 0.285 e. The van der Waals surface area contributed by atoms with E-state index in [-0.39, 0.29) is 11.8 Å². The summed E-state index contributed by atoms with van der Waals surface area (Å²) < 4.78 is 5.66. The van der Waals surface area contributed by atoms with Gasteiger partial charge >= 0.3 is 0 Å². The Balaban J connectivity index is 2.22. The summed E-state index contributed by atoms with van der Waals surface area (Å²) >= 11 is 0. The van der Waals surface area contributed by atoms with Gasteiger partial charge in [0.15, 0.2) is 0 Å². The summed E-state index contributed by atoms with van der Waals surface area (Å²) in [5, 5.41) is 9.75. The van der Waals surface area contributed by atoms with Crippen LogP contribution in [0.25, 0.3) is 4.85 Å². The second kappa shape index (κ2) is 3.18. The normalized spacial score (nSPS) is 41.1. The lowest BCUT2D eigenvalue weighted by Crippen LogP contribution is -2.78. The van der Waals surface area contributed by atoms with Crippen LogP contribution in [0, 0.1) is 6.57 Å². The number of hydrogen-bond acceptors (Lipinski definition) is 3. The molecule has 2 saturated heterocycles. The average Bonchev–Trinajstić information content (AvgIpc) is 2.09. The van der Waals surface area contributed by atoms with Crippen molar-refractivity contribution in [2.24, 2.45) is 0 Å². The largest absolute Gasteiger partial charge is 0.385 e. The van der Waals surface area contributed by atoms with Crippen molar-refractivity contribution in [1.29, 1.82) is 0 Å². The summed E-state index contributed by atoms with van der Waals surface area (Å²) in [5.41, 5.74) is -0.882. The fourth-order valence-electron chi connectivity index (χ4n) is 2.73. The highest BCUT2D eigenvalue weighted by atomic mass is 16.5. The van der Waals surface area contributed by atoms with Crippen LogP contribution in [-0.4, -0.2) is 46.6 Å². The van der Waals surface area contributed by atoms with Crippen LogP contribution in [0.5, 0.6) is 0 Å². The first kappa shape index (κ1) is 10.9. The van der Waals surface area contributed by atoms with Crippen molar-refractivity contribution >= 4 is 0 Å². The molecule has 2 heterocycles. The molecule has 0 aromatic heterocycles. The SMILES string of the molecule is [C-]#[N+][C@]1([C@H](C)O)CN2[C@@H]1CCOC2(C)C. The van der Waals surface area contributed by atoms with Gasteiger partial charge in [-0.15, -0.1) is 0 Å². The predicted octanol–water partition coefficient (Wildman–Crippen LogP) is 0.866. The van der Waals surface area contributed by atoms with Crippen molar-refractivity contribution < 1.29 is 9.84 Å². The van der Waals surface area contributed by atoms with Gasteiger partial charge in [-0.25, -0.2) is 6.57 Å². The summed E-state index contributed by atoms with van der Waals surface area (Å²) in [4.78, 5) is 5.86. The van der Waals surface area contributed by atoms with Crippen molar-refractivity contribution in [1.82, 2.24) is 4.90 Å². The lowest BCUT2D eigenvalue weighted by atomic mass is 9.73. The molecule has 0 bridgehead atoms. The number of fused-ring (bicyclic) bond motifs is 1. The highest BCUT2D eigenvalue weighted by molar-refractivity contribution is 5.22. The maximum atomic E-state index is 9.75. The molecular formula is C11H18N2O2. The zero-order chi connectivity index (χ0) is 11.3. The molecule has 4 nitrogen and oxygen atoms in total. The van der Waals surface area contributed by atoms with Gasteiger partial charge in [0, 0.05) is 0 Å². The topological polar surface area (TPSA) is 37.1 Å². The molecule has 0 saturated carbocycles. The molecule has 2 rings (SSSR count). The third kappa shape index (κ3) is 1.31. The quantitative estimate of drug-likeness (QED) is 0.652. The van der Waals surface area contributed by atoms with Crippen molar-refractivity contribution in [2.45, 2.75) is 50.6 Å². The number of aliphatic hydroxyl groups is 1. The first-order valence-electron chi connectivity index (χ1n) is 5.41. The van der Waals surface area contributed by atoms with E-state index in [2.05, 4.69) is 9.74 Å². The zero-order valence-corrected chi connectivity index (χ0v) is 9.53. The maximum absolute atomic E-state index is 9.75. The van der Waals surface area contributed by atoms with Gasteiger partial charge in [0.2, 0.25) is 0 Å². The van der Waals surface area contributed by atoms with Crippen molar-refractivity contribution in [3.05, 3.63) is 11.4 Å². The van der Waals surface area contributed by atoms with E-state index in [1.165, 1.54) is 0 Å². The highest BCUT2D eigenvalue weighted by Gasteiger charge is 2.66. The third-order valence-electron chi connectivity index (χ3n) is 3.85. The summed E-state index contributed by atoms with van der Waals surface area (Å²) in [5.74, 6) is 0. The number of hydrogen-bond donors (Lipinski definition) is 1. The number of ether oxygens (including phenoxy) is 1. The monoisotopic (exact) mass is 210 g/mol. The van der Waals surface area contributed by atoms with Crippen LogP contribution in [-0.2, 0) is 4.74 Å². The van der Waals surface area contributed by atoms with Crippen LogP contribution in [0.3, 0.4) is 0 Å². The molecule has 3 atom stereocenters. The van der Waals surface area contributed by atoms with Crippen LogP contribution >= 0.6 is 0 Å².